The van der Waals surface area contributed by atoms with E-state index in [-0.39, 0.29) is 17.4 Å². The molecule has 4 nitrogen and oxygen atoms in total. The van der Waals surface area contributed by atoms with Gasteiger partial charge in [-0.25, -0.2) is 4.39 Å². The summed E-state index contributed by atoms with van der Waals surface area (Å²) in [6, 6.07) is 13.0. The summed E-state index contributed by atoms with van der Waals surface area (Å²) in [7, 11) is 0. The van der Waals surface area contributed by atoms with Crippen LogP contribution in [0.5, 0.6) is 11.5 Å². The number of benzene rings is 2. The van der Waals surface area contributed by atoms with E-state index in [0.717, 1.165) is 11.1 Å². The van der Waals surface area contributed by atoms with Crippen molar-refractivity contribution in [1.82, 2.24) is 0 Å². The molecule has 0 radical (unpaired) electrons. The van der Waals surface area contributed by atoms with Crippen LogP contribution in [0.15, 0.2) is 65.0 Å². The average molecular weight is 350 g/mol. The van der Waals surface area contributed by atoms with E-state index in [1.54, 1.807) is 42.5 Å². The number of fused-ring (bicyclic) bond motifs is 1. The monoisotopic (exact) mass is 350 g/mol. The van der Waals surface area contributed by atoms with Gasteiger partial charge in [-0.05, 0) is 48.9 Å². The minimum Gasteiger partial charge on any atom is -0.488 e. The zero-order chi connectivity index (χ0) is 18.1. The molecule has 2 heterocycles. The number of allylic oxidation sites excluding steroid dienone is 1. The van der Waals surface area contributed by atoms with Crippen molar-refractivity contribution >= 4 is 11.9 Å². The fourth-order valence-corrected chi connectivity index (χ4v) is 2.77. The van der Waals surface area contributed by atoms with Crippen LogP contribution in [0.25, 0.3) is 6.08 Å². The Labute approximate surface area is 149 Å². The summed E-state index contributed by atoms with van der Waals surface area (Å²) in [6.45, 7) is 2.13. The number of hydrogen-bond donors (Lipinski definition) is 0. The molecule has 4 rings (SSSR count). The summed E-state index contributed by atoms with van der Waals surface area (Å²) < 4.78 is 29.8. The number of carbonyl (C=O) groups is 1. The maximum absolute atomic E-state index is 13.0. The Morgan fingerprint density at radius 2 is 1.92 bits per heavy atom. The SMILES string of the molecule is Cc1c(OCc2ccc(F)cc2)ccc2c1O/C(=C\c1ccco1)C2=O. The van der Waals surface area contributed by atoms with Crippen LogP contribution >= 0.6 is 0 Å². The molecule has 0 saturated carbocycles. The number of furan rings is 1. The van der Waals surface area contributed by atoms with E-state index >= 15 is 0 Å². The first-order valence-electron chi connectivity index (χ1n) is 8.10. The van der Waals surface area contributed by atoms with Gasteiger partial charge in [0.15, 0.2) is 5.76 Å². The normalized spacial score (nSPS) is 14.4. The fourth-order valence-electron chi connectivity index (χ4n) is 2.77. The molecule has 0 unspecified atom stereocenters. The van der Waals surface area contributed by atoms with Gasteiger partial charge in [-0.2, -0.15) is 0 Å². The van der Waals surface area contributed by atoms with Crippen LogP contribution in [0.2, 0.25) is 0 Å². The lowest BCUT2D eigenvalue weighted by Gasteiger charge is -2.11. The molecule has 0 atom stereocenters. The summed E-state index contributed by atoms with van der Waals surface area (Å²) in [5.41, 5.74) is 2.08. The Morgan fingerprint density at radius 3 is 2.65 bits per heavy atom. The molecule has 130 valence electrons. The molecule has 1 aromatic heterocycles. The van der Waals surface area contributed by atoms with Crippen LogP contribution in [0.4, 0.5) is 4.39 Å². The van der Waals surface area contributed by atoms with E-state index in [4.69, 9.17) is 13.9 Å². The van der Waals surface area contributed by atoms with Gasteiger partial charge in [-0.1, -0.05) is 12.1 Å². The van der Waals surface area contributed by atoms with Crippen LogP contribution in [-0.4, -0.2) is 5.78 Å². The Bertz CT molecular complexity index is 986. The molecule has 0 amide bonds. The summed E-state index contributed by atoms with van der Waals surface area (Å²) >= 11 is 0. The zero-order valence-electron chi connectivity index (χ0n) is 14.0. The highest BCUT2D eigenvalue weighted by molar-refractivity contribution is 6.14. The van der Waals surface area contributed by atoms with Crippen molar-refractivity contribution in [3.8, 4) is 11.5 Å². The second-order valence-corrected chi connectivity index (χ2v) is 5.94. The molecular weight excluding hydrogens is 335 g/mol. The minimum atomic E-state index is -0.287. The highest BCUT2D eigenvalue weighted by Gasteiger charge is 2.30. The van der Waals surface area contributed by atoms with Crippen LogP contribution in [-0.2, 0) is 6.61 Å². The van der Waals surface area contributed by atoms with E-state index in [2.05, 4.69) is 0 Å². The molecule has 5 heteroatoms. The molecule has 1 aliphatic heterocycles. The highest BCUT2D eigenvalue weighted by Crippen LogP contribution is 2.39. The predicted molar refractivity (Wildman–Crippen MR) is 93.6 cm³/mol. The molecule has 0 N–H and O–H groups in total. The molecule has 0 fully saturated rings. The largest absolute Gasteiger partial charge is 0.488 e. The van der Waals surface area contributed by atoms with Crippen molar-refractivity contribution in [2.24, 2.45) is 0 Å². The Hall–Kier alpha value is -3.34. The lowest BCUT2D eigenvalue weighted by molar-refractivity contribution is 0.101. The van der Waals surface area contributed by atoms with Crippen molar-refractivity contribution < 1.29 is 23.1 Å². The van der Waals surface area contributed by atoms with Gasteiger partial charge in [-0.3, -0.25) is 4.79 Å². The first-order chi connectivity index (χ1) is 12.6. The summed E-state index contributed by atoms with van der Waals surface area (Å²) in [6.07, 6.45) is 3.10. The number of rotatable bonds is 4. The summed E-state index contributed by atoms with van der Waals surface area (Å²) in [5, 5.41) is 0. The van der Waals surface area contributed by atoms with Crippen LogP contribution in [0.3, 0.4) is 0 Å². The minimum absolute atomic E-state index is 0.190. The fraction of sp³-hybridized carbons (Fsp3) is 0.0952. The summed E-state index contributed by atoms with van der Waals surface area (Å²) in [5.74, 6) is 1.39. The van der Waals surface area contributed by atoms with E-state index < -0.39 is 0 Å². The highest BCUT2D eigenvalue weighted by atomic mass is 19.1. The van der Waals surface area contributed by atoms with Crippen molar-refractivity contribution in [1.29, 1.82) is 0 Å². The summed E-state index contributed by atoms with van der Waals surface area (Å²) in [4.78, 5) is 12.5. The van der Waals surface area contributed by atoms with Crippen molar-refractivity contribution in [2.45, 2.75) is 13.5 Å². The van der Waals surface area contributed by atoms with Gasteiger partial charge < -0.3 is 13.9 Å². The van der Waals surface area contributed by atoms with E-state index in [0.29, 0.717) is 29.4 Å². The molecular formula is C21H15FO4. The lowest BCUT2D eigenvalue weighted by atomic mass is 10.1. The molecule has 1 aliphatic rings. The third-order valence-corrected chi connectivity index (χ3v) is 4.16. The molecule has 0 aliphatic carbocycles. The smallest absolute Gasteiger partial charge is 0.232 e. The maximum atomic E-state index is 13.0. The van der Waals surface area contributed by atoms with E-state index in [9.17, 15) is 9.18 Å². The molecule has 0 saturated heterocycles. The van der Waals surface area contributed by atoms with Gasteiger partial charge in [0, 0.05) is 11.6 Å². The van der Waals surface area contributed by atoms with Crippen LogP contribution in [0.1, 0.15) is 27.2 Å². The molecule has 2 aromatic carbocycles. The number of ketones is 1. The Balaban J connectivity index is 1.56. The standard InChI is InChI=1S/C21H15FO4/c1-13-18(25-12-14-4-6-15(22)7-5-14)9-8-17-20(23)19(26-21(13)17)11-16-3-2-10-24-16/h2-11H,12H2,1H3/b19-11-. The van der Waals surface area contributed by atoms with Gasteiger partial charge in [0.2, 0.25) is 5.78 Å². The third kappa shape index (κ3) is 2.99. The van der Waals surface area contributed by atoms with Gasteiger partial charge in [0.25, 0.3) is 0 Å². The van der Waals surface area contributed by atoms with Gasteiger partial charge in [0.05, 0.1) is 11.8 Å². The number of halogens is 1. The molecule has 26 heavy (non-hydrogen) atoms. The van der Waals surface area contributed by atoms with E-state index in [1.807, 2.05) is 6.92 Å². The average Bonchev–Trinajstić information content (AvgIpc) is 3.26. The number of carbonyl (C=O) groups excluding carboxylic acids is 1. The second-order valence-electron chi connectivity index (χ2n) is 5.94. The molecule has 3 aromatic rings. The molecule has 0 spiro atoms. The van der Waals surface area contributed by atoms with Crippen LogP contribution in [0, 0.1) is 12.7 Å². The third-order valence-electron chi connectivity index (χ3n) is 4.16. The lowest BCUT2D eigenvalue weighted by Crippen LogP contribution is -1.98. The molecule has 0 bridgehead atoms. The van der Waals surface area contributed by atoms with Crippen LogP contribution < -0.4 is 9.47 Å². The van der Waals surface area contributed by atoms with Crippen molar-refractivity contribution in [2.75, 3.05) is 0 Å². The van der Waals surface area contributed by atoms with Crippen molar-refractivity contribution in [3.05, 3.63) is 88.8 Å². The second kappa shape index (κ2) is 6.52. The van der Waals surface area contributed by atoms with E-state index in [1.165, 1.54) is 18.4 Å². The first kappa shape index (κ1) is 16.1. The Kier molecular flexibility index (Phi) is 4.05. The first-order valence-corrected chi connectivity index (χ1v) is 8.10. The number of Topliss-reactive ketones (excluding diaryl/α,β-unsaturated/α-hetero) is 1. The number of ether oxygens (including phenoxy) is 2. The Morgan fingerprint density at radius 1 is 1.12 bits per heavy atom. The van der Waals surface area contributed by atoms with Gasteiger partial charge >= 0.3 is 0 Å². The topological polar surface area (TPSA) is 48.7 Å². The van der Waals surface area contributed by atoms with Crippen molar-refractivity contribution in [3.63, 3.8) is 0 Å². The van der Waals surface area contributed by atoms with Gasteiger partial charge in [0.1, 0.15) is 29.7 Å². The number of hydrogen-bond acceptors (Lipinski definition) is 4. The quantitative estimate of drug-likeness (QED) is 0.627. The predicted octanol–water partition coefficient (Wildman–Crippen LogP) is 4.92. The zero-order valence-corrected chi connectivity index (χ0v) is 14.0. The van der Waals surface area contributed by atoms with Gasteiger partial charge in [-0.15, -0.1) is 0 Å². The maximum Gasteiger partial charge on any atom is 0.232 e.